The highest BCUT2D eigenvalue weighted by molar-refractivity contribution is 5.33. The van der Waals surface area contributed by atoms with E-state index in [9.17, 15) is 0 Å². The number of nitrogens with zero attached hydrogens (tertiary/aromatic N) is 3. The first-order valence-electron chi connectivity index (χ1n) is 6.08. The van der Waals surface area contributed by atoms with Gasteiger partial charge in [0.25, 0.3) is 0 Å². The summed E-state index contributed by atoms with van der Waals surface area (Å²) >= 11 is 0. The SMILES string of the molecule is CCOc1nc(N)nc(NC(C)CC2CC2)n1. The van der Waals surface area contributed by atoms with Gasteiger partial charge in [0, 0.05) is 6.04 Å². The van der Waals surface area contributed by atoms with Gasteiger partial charge in [0.2, 0.25) is 11.9 Å². The Bertz CT molecular complexity index is 380. The van der Waals surface area contributed by atoms with E-state index in [-0.39, 0.29) is 12.0 Å². The third-order valence-corrected chi connectivity index (χ3v) is 2.66. The van der Waals surface area contributed by atoms with Crippen LogP contribution in [0.25, 0.3) is 0 Å². The van der Waals surface area contributed by atoms with Crippen LogP contribution in [0, 0.1) is 5.92 Å². The number of hydrogen-bond acceptors (Lipinski definition) is 6. The lowest BCUT2D eigenvalue weighted by Crippen LogP contribution is -2.19. The van der Waals surface area contributed by atoms with Gasteiger partial charge in [-0.1, -0.05) is 12.8 Å². The van der Waals surface area contributed by atoms with Gasteiger partial charge in [-0.2, -0.15) is 15.0 Å². The number of rotatable bonds is 6. The van der Waals surface area contributed by atoms with Crippen molar-refractivity contribution in [3.05, 3.63) is 0 Å². The minimum Gasteiger partial charge on any atom is -0.464 e. The minimum absolute atomic E-state index is 0.185. The Balaban J connectivity index is 1.97. The van der Waals surface area contributed by atoms with Gasteiger partial charge in [-0.3, -0.25) is 0 Å². The van der Waals surface area contributed by atoms with E-state index in [0.717, 1.165) is 12.3 Å². The first kappa shape index (κ1) is 11.9. The largest absolute Gasteiger partial charge is 0.464 e. The van der Waals surface area contributed by atoms with Crippen LogP contribution in [-0.4, -0.2) is 27.6 Å². The molecule has 1 fully saturated rings. The zero-order valence-corrected chi connectivity index (χ0v) is 10.3. The molecule has 1 aliphatic rings. The van der Waals surface area contributed by atoms with Gasteiger partial charge in [0.05, 0.1) is 6.61 Å². The molecule has 6 nitrogen and oxygen atoms in total. The Hall–Kier alpha value is -1.59. The van der Waals surface area contributed by atoms with Crippen molar-refractivity contribution >= 4 is 11.9 Å². The summed E-state index contributed by atoms with van der Waals surface area (Å²) in [7, 11) is 0. The van der Waals surface area contributed by atoms with Gasteiger partial charge in [-0.05, 0) is 26.2 Å². The standard InChI is InChI=1S/C11H19N5O/c1-3-17-11-15-9(12)14-10(16-11)13-7(2)6-8-4-5-8/h7-8H,3-6H2,1-2H3,(H3,12,13,14,15,16). The highest BCUT2D eigenvalue weighted by Gasteiger charge is 2.23. The minimum atomic E-state index is 0.185. The average molecular weight is 237 g/mol. The fourth-order valence-corrected chi connectivity index (χ4v) is 1.76. The summed E-state index contributed by atoms with van der Waals surface area (Å²) in [5.41, 5.74) is 5.60. The molecule has 0 aliphatic heterocycles. The van der Waals surface area contributed by atoms with Crippen LogP contribution >= 0.6 is 0 Å². The molecule has 6 heteroatoms. The molecule has 0 amide bonds. The van der Waals surface area contributed by atoms with E-state index in [4.69, 9.17) is 10.5 Å². The molecule has 1 unspecified atom stereocenters. The maximum absolute atomic E-state index is 5.60. The van der Waals surface area contributed by atoms with Gasteiger partial charge in [0.15, 0.2) is 0 Å². The Kier molecular flexibility index (Phi) is 3.61. The maximum atomic E-state index is 5.60. The molecule has 0 aromatic carbocycles. The topological polar surface area (TPSA) is 86.0 Å². The summed E-state index contributed by atoms with van der Waals surface area (Å²) in [5.74, 6) is 1.54. The second-order valence-electron chi connectivity index (χ2n) is 4.46. The summed E-state index contributed by atoms with van der Waals surface area (Å²) in [6.07, 6.45) is 3.83. The van der Waals surface area contributed by atoms with Crippen molar-refractivity contribution in [1.82, 2.24) is 15.0 Å². The van der Waals surface area contributed by atoms with E-state index in [1.54, 1.807) is 0 Å². The molecule has 1 atom stereocenters. The van der Waals surface area contributed by atoms with E-state index in [1.807, 2.05) is 6.92 Å². The smallest absolute Gasteiger partial charge is 0.323 e. The van der Waals surface area contributed by atoms with E-state index in [1.165, 1.54) is 12.8 Å². The molecule has 3 N–H and O–H groups in total. The quantitative estimate of drug-likeness (QED) is 0.779. The molecule has 0 spiro atoms. The van der Waals surface area contributed by atoms with Crippen LogP contribution < -0.4 is 15.8 Å². The van der Waals surface area contributed by atoms with Gasteiger partial charge in [-0.25, -0.2) is 0 Å². The molecular weight excluding hydrogens is 218 g/mol. The van der Waals surface area contributed by atoms with Gasteiger partial charge in [-0.15, -0.1) is 0 Å². The van der Waals surface area contributed by atoms with Crippen molar-refractivity contribution < 1.29 is 4.74 Å². The van der Waals surface area contributed by atoms with Gasteiger partial charge < -0.3 is 15.8 Å². The summed E-state index contributed by atoms with van der Waals surface area (Å²) < 4.78 is 5.22. The predicted octanol–water partition coefficient (Wildman–Crippen LogP) is 1.45. The third kappa shape index (κ3) is 3.72. The normalized spacial score (nSPS) is 16.6. The first-order chi connectivity index (χ1) is 8.17. The van der Waals surface area contributed by atoms with Crippen LogP contribution in [0.1, 0.15) is 33.1 Å². The number of hydrogen-bond donors (Lipinski definition) is 2. The zero-order valence-electron chi connectivity index (χ0n) is 10.3. The number of anilines is 2. The van der Waals surface area contributed by atoms with Crippen LogP contribution in [0.15, 0.2) is 0 Å². The van der Waals surface area contributed by atoms with E-state index < -0.39 is 0 Å². The van der Waals surface area contributed by atoms with E-state index >= 15 is 0 Å². The number of nitrogens with one attached hydrogen (secondary N) is 1. The molecule has 1 aromatic heterocycles. The fourth-order valence-electron chi connectivity index (χ4n) is 1.76. The molecule has 1 saturated carbocycles. The lowest BCUT2D eigenvalue weighted by molar-refractivity contribution is 0.312. The summed E-state index contributed by atoms with van der Waals surface area (Å²) in [6.45, 7) is 4.52. The van der Waals surface area contributed by atoms with Gasteiger partial charge >= 0.3 is 6.01 Å². The summed E-state index contributed by atoms with van der Waals surface area (Å²) in [5, 5.41) is 3.23. The van der Waals surface area contributed by atoms with Crippen molar-refractivity contribution in [2.24, 2.45) is 5.92 Å². The lowest BCUT2D eigenvalue weighted by atomic mass is 10.2. The number of nitrogens with two attached hydrogens (primary N) is 1. The van der Waals surface area contributed by atoms with Crippen LogP contribution in [-0.2, 0) is 0 Å². The predicted molar refractivity (Wildman–Crippen MR) is 65.8 cm³/mol. The Morgan fingerprint density at radius 2 is 2.18 bits per heavy atom. The van der Waals surface area contributed by atoms with Crippen molar-refractivity contribution in [2.45, 2.75) is 39.2 Å². The average Bonchev–Trinajstić information content (AvgIpc) is 3.00. The molecule has 1 heterocycles. The Labute approximate surface area is 101 Å². The van der Waals surface area contributed by atoms with Crippen LogP contribution in [0.5, 0.6) is 6.01 Å². The van der Waals surface area contributed by atoms with Crippen molar-refractivity contribution in [3.8, 4) is 6.01 Å². The molecular formula is C11H19N5O. The van der Waals surface area contributed by atoms with Crippen molar-refractivity contribution in [2.75, 3.05) is 17.7 Å². The monoisotopic (exact) mass is 237 g/mol. The molecule has 94 valence electrons. The number of ether oxygens (including phenoxy) is 1. The van der Waals surface area contributed by atoms with Crippen LogP contribution in [0.4, 0.5) is 11.9 Å². The second kappa shape index (κ2) is 5.16. The molecule has 1 aromatic rings. The van der Waals surface area contributed by atoms with E-state index in [0.29, 0.717) is 18.6 Å². The lowest BCUT2D eigenvalue weighted by Gasteiger charge is -2.13. The van der Waals surface area contributed by atoms with Crippen LogP contribution in [0.2, 0.25) is 0 Å². The maximum Gasteiger partial charge on any atom is 0.323 e. The Morgan fingerprint density at radius 1 is 1.41 bits per heavy atom. The number of aromatic nitrogens is 3. The number of nitrogen functional groups attached to an aromatic ring is 1. The van der Waals surface area contributed by atoms with Crippen LogP contribution in [0.3, 0.4) is 0 Å². The molecule has 2 rings (SSSR count). The molecule has 0 saturated heterocycles. The second-order valence-corrected chi connectivity index (χ2v) is 4.46. The first-order valence-corrected chi connectivity index (χ1v) is 6.08. The highest BCUT2D eigenvalue weighted by atomic mass is 16.5. The molecule has 1 aliphatic carbocycles. The van der Waals surface area contributed by atoms with Crippen molar-refractivity contribution in [1.29, 1.82) is 0 Å². The molecule has 17 heavy (non-hydrogen) atoms. The summed E-state index contributed by atoms with van der Waals surface area (Å²) in [6, 6.07) is 0.625. The Morgan fingerprint density at radius 3 is 2.82 bits per heavy atom. The summed E-state index contributed by atoms with van der Waals surface area (Å²) in [4.78, 5) is 12.1. The van der Waals surface area contributed by atoms with E-state index in [2.05, 4.69) is 27.2 Å². The van der Waals surface area contributed by atoms with Crippen molar-refractivity contribution in [3.63, 3.8) is 0 Å². The zero-order chi connectivity index (χ0) is 12.3. The van der Waals surface area contributed by atoms with Gasteiger partial charge in [0.1, 0.15) is 0 Å². The third-order valence-electron chi connectivity index (χ3n) is 2.66. The fraction of sp³-hybridized carbons (Fsp3) is 0.727. The molecule has 0 bridgehead atoms. The molecule has 0 radical (unpaired) electrons. The highest BCUT2D eigenvalue weighted by Crippen LogP contribution is 2.33.